The van der Waals surface area contributed by atoms with Crippen LogP contribution in [0.5, 0.6) is 5.75 Å². The van der Waals surface area contributed by atoms with Crippen molar-refractivity contribution in [3.05, 3.63) is 35.1 Å². The molecule has 0 saturated carbocycles. The van der Waals surface area contributed by atoms with Crippen LogP contribution in [0.2, 0.25) is 5.02 Å². The van der Waals surface area contributed by atoms with E-state index < -0.39 is 9.84 Å². The van der Waals surface area contributed by atoms with Crippen LogP contribution >= 0.6 is 23.4 Å². The molecule has 1 heterocycles. The van der Waals surface area contributed by atoms with Crippen LogP contribution in [0.25, 0.3) is 0 Å². The summed E-state index contributed by atoms with van der Waals surface area (Å²) in [6.45, 7) is 4.47. The minimum atomic E-state index is -3.00. The number of halogens is 1. The lowest BCUT2D eigenvalue weighted by Crippen LogP contribution is -2.15. The molecular formula is C17H24ClN3O3S2. The number of sulfone groups is 1. The molecule has 6 nitrogen and oxygen atoms in total. The molecule has 144 valence electrons. The van der Waals surface area contributed by atoms with Crippen LogP contribution in [0.1, 0.15) is 38.6 Å². The Morgan fingerprint density at radius 3 is 2.54 bits per heavy atom. The molecule has 0 aliphatic heterocycles. The van der Waals surface area contributed by atoms with Crippen LogP contribution in [0, 0.1) is 0 Å². The molecular weight excluding hydrogens is 394 g/mol. The normalized spacial score (nSPS) is 11.9. The monoisotopic (exact) mass is 417 g/mol. The summed E-state index contributed by atoms with van der Waals surface area (Å²) in [5.41, 5.74) is 0. The zero-order valence-electron chi connectivity index (χ0n) is 15.2. The van der Waals surface area contributed by atoms with E-state index in [0.717, 1.165) is 18.0 Å². The fourth-order valence-corrected chi connectivity index (χ4v) is 4.92. The summed E-state index contributed by atoms with van der Waals surface area (Å²) < 4.78 is 30.6. The van der Waals surface area contributed by atoms with Gasteiger partial charge < -0.3 is 9.30 Å². The average Bonchev–Trinajstić information content (AvgIpc) is 2.97. The first-order valence-electron chi connectivity index (χ1n) is 8.47. The molecule has 9 heteroatoms. The Hall–Kier alpha value is -1.25. The third-order valence-corrected chi connectivity index (χ3v) is 6.38. The Bertz CT molecular complexity index is 820. The SMILES string of the molecule is CCC(CC)n1c(COc2ccccc2Cl)nnc1SCCS(C)(=O)=O. The molecule has 0 aliphatic rings. The van der Waals surface area contributed by atoms with Gasteiger partial charge in [0, 0.05) is 18.1 Å². The Balaban J connectivity index is 2.18. The second-order valence-electron chi connectivity index (χ2n) is 5.94. The van der Waals surface area contributed by atoms with Crippen molar-refractivity contribution in [1.29, 1.82) is 0 Å². The van der Waals surface area contributed by atoms with E-state index in [0.29, 0.717) is 22.3 Å². The van der Waals surface area contributed by atoms with E-state index in [2.05, 4.69) is 28.6 Å². The Morgan fingerprint density at radius 2 is 1.92 bits per heavy atom. The highest BCUT2D eigenvalue weighted by atomic mass is 35.5. The van der Waals surface area contributed by atoms with Gasteiger partial charge in [-0.2, -0.15) is 0 Å². The quantitative estimate of drug-likeness (QED) is 0.544. The molecule has 2 rings (SSSR count). The Labute approximate surface area is 164 Å². The molecule has 2 aromatic rings. The number of rotatable bonds is 10. The van der Waals surface area contributed by atoms with Crippen LogP contribution in [0.15, 0.2) is 29.4 Å². The van der Waals surface area contributed by atoms with E-state index in [1.54, 1.807) is 6.07 Å². The minimum absolute atomic E-state index is 0.110. The number of thioether (sulfide) groups is 1. The van der Waals surface area contributed by atoms with E-state index in [-0.39, 0.29) is 18.4 Å². The van der Waals surface area contributed by atoms with Crippen molar-refractivity contribution in [3.8, 4) is 5.75 Å². The maximum Gasteiger partial charge on any atom is 0.191 e. The molecule has 0 spiro atoms. The zero-order valence-corrected chi connectivity index (χ0v) is 17.6. The topological polar surface area (TPSA) is 74.1 Å². The number of nitrogens with zero attached hydrogens (tertiary/aromatic N) is 3. The largest absolute Gasteiger partial charge is 0.484 e. The summed E-state index contributed by atoms with van der Waals surface area (Å²) in [4.78, 5) is 0. The highest BCUT2D eigenvalue weighted by Crippen LogP contribution is 2.28. The lowest BCUT2D eigenvalue weighted by Gasteiger charge is -2.19. The predicted molar refractivity (Wildman–Crippen MR) is 106 cm³/mol. The number of aromatic nitrogens is 3. The summed E-state index contributed by atoms with van der Waals surface area (Å²) in [7, 11) is -3.00. The van der Waals surface area contributed by atoms with Gasteiger partial charge >= 0.3 is 0 Å². The standard InChI is InChI=1S/C17H24ClN3O3S2/c1-4-13(5-2)21-16(12-24-15-9-7-6-8-14(15)18)19-20-17(21)25-10-11-26(3,22)23/h6-9,13H,4-5,10-12H2,1-3H3. The van der Waals surface area contributed by atoms with Gasteiger partial charge in [-0.15, -0.1) is 10.2 Å². The number of hydrogen-bond acceptors (Lipinski definition) is 6. The molecule has 0 amide bonds. The molecule has 1 aromatic carbocycles. The van der Waals surface area contributed by atoms with Gasteiger partial charge in [0.05, 0.1) is 10.8 Å². The fourth-order valence-electron chi connectivity index (χ4n) is 2.51. The molecule has 0 radical (unpaired) electrons. The molecule has 0 fully saturated rings. The predicted octanol–water partition coefficient (Wildman–Crippen LogP) is 4.01. The van der Waals surface area contributed by atoms with Gasteiger partial charge in [0.25, 0.3) is 0 Å². The first-order valence-corrected chi connectivity index (χ1v) is 11.9. The third kappa shape index (κ3) is 5.89. The first kappa shape index (κ1) is 21.1. The van der Waals surface area contributed by atoms with Gasteiger partial charge in [-0.3, -0.25) is 0 Å². The summed E-state index contributed by atoms with van der Waals surface area (Å²) in [5.74, 6) is 1.86. The molecule has 0 N–H and O–H groups in total. The fraction of sp³-hybridized carbons (Fsp3) is 0.529. The Kier molecular flexibility index (Phi) is 7.79. The second kappa shape index (κ2) is 9.62. The van der Waals surface area contributed by atoms with Crippen molar-refractivity contribution in [3.63, 3.8) is 0 Å². The maximum atomic E-state index is 11.4. The van der Waals surface area contributed by atoms with Crippen molar-refractivity contribution < 1.29 is 13.2 Å². The summed E-state index contributed by atoms with van der Waals surface area (Å²) in [6.07, 6.45) is 3.09. The van der Waals surface area contributed by atoms with Crippen molar-refractivity contribution in [2.24, 2.45) is 0 Å². The lowest BCUT2D eigenvalue weighted by molar-refractivity contribution is 0.278. The molecule has 26 heavy (non-hydrogen) atoms. The van der Waals surface area contributed by atoms with E-state index in [1.165, 1.54) is 18.0 Å². The molecule has 0 atom stereocenters. The third-order valence-electron chi connectivity index (χ3n) is 3.92. The smallest absolute Gasteiger partial charge is 0.191 e. The number of benzene rings is 1. The van der Waals surface area contributed by atoms with Gasteiger partial charge in [-0.1, -0.05) is 49.3 Å². The summed E-state index contributed by atoms with van der Waals surface area (Å²) >= 11 is 7.54. The number of hydrogen-bond donors (Lipinski definition) is 0. The van der Waals surface area contributed by atoms with Crippen LogP contribution < -0.4 is 4.74 Å². The first-order chi connectivity index (χ1) is 12.4. The van der Waals surface area contributed by atoms with Crippen LogP contribution in [0.3, 0.4) is 0 Å². The van der Waals surface area contributed by atoms with Crippen molar-refractivity contribution in [1.82, 2.24) is 14.8 Å². The zero-order chi connectivity index (χ0) is 19.2. The molecule has 0 unspecified atom stereocenters. The molecule has 1 aromatic heterocycles. The molecule has 0 bridgehead atoms. The Morgan fingerprint density at radius 1 is 1.23 bits per heavy atom. The van der Waals surface area contributed by atoms with Gasteiger partial charge in [-0.25, -0.2) is 8.42 Å². The van der Waals surface area contributed by atoms with Crippen LogP contribution in [-0.2, 0) is 16.4 Å². The van der Waals surface area contributed by atoms with E-state index >= 15 is 0 Å². The lowest BCUT2D eigenvalue weighted by atomic mass is 10.2. The average molecular weight is 418 g/mol. The van der Waals surface area contributed by atoms with Crippen molar-refractivity contribution >= 4 is 33.2 Å². The second-order valence-corrected chi connectivity index (χ2v) is 9.67. The van der Waals surface area contributed by atoms with E-state index in [1.807, 2.05) is 18.2 Å². The van der Waals surface area contributed by atoms with Gasteiger partial charge in [0.15, 0.2) is 11.0 Å². The van der Waals surface area contributed by atoms with Crippen LogP contribution in [0.4, 0.5) is 0 Å². The van der Waals surface area contributed by atoms with E-state index in [9.17, 15) is 8.42 Å². The van der Waals surface area contributed by atoms with E-state index in [4.69, 9.17) is 16.3 Å². The maximum absolute atomic E-state index is 11.4. The molecule has 0 saturated heterocycles. The summed E-state index contributed by atoms with van der Waals surface area (Å²) in [5, 5.41) is 9.79. The van der Waals surface area contributed by atoms with Crippen molar-refractivity contribution in [2.75, 3.05) is 17.8 Å². The molecule has 0 aliphatic carbocycles. The summed E-state index contributed by atoms with van der Waals surface area (Å²) in [6, 6.07) is 7.52. The number of ether oxygens (including phenoxy) is 1. The highest BCUT2D eigenvalue weighted by Gasteiger charge is 2.20. The minimum Gasteiger partial charge on any atom is -0.484 e. The van der Waals surface area contributed by atoms with Gasteiger partial charge in [0.1, 0.15) is 22.2 Å². The van der Waals surface area contributed by atoms with Crippen molar-refractivity contribution in [2.45, 2.75) is 44.5 Å². The van der Waals surface area contributed by atoms with Gasteiger partial charge in [0.2, 0.25) is 0 Å². The number of para-hydroxylation sites is 1. The highest BCUT2D eigenvalue weighted by molar-refractivity contribution is 8.00. The van der Waals surface area contributed by atoms with Crippen LogP contribution in [-0.4, -0.2) is 40.9 Å². The van der Waals surface area contributed by atoms with Gasteiger partial charge in [-0.05, 0) is 25.0 Å².